The molecule has 0 aromatic carbocycles. The molecule has 0 heterocycles. The molecular weight excluding hydrogens is 124 g/mol. The summed E-state index contributed by atoms with van der Waals surface area (Å²) in [6.07, 6.45) is -0.914. The SMILES string of the molecule is CCC(O)C(=O)OC=O. The Bertz CT molecular complexity index is 110. The van der Waals surface area contributed by atoms with Gasteiger partial charge in [0.15, 0.2) is 6.10 Å². The van der Waals surface area contributed by atoms with E-state index < -0.39 is 12.1 Å². The Labute approximate surface area is 52.4 Å². The number of aliphatic hydroxyl groups excluding tert-OH is 1. The first-order valence-electron chi connectivity index (χ1n) is 2.54. The van der Waals surface area contributed by atoms with Gasteiger partial charge in [0, 0.05) is 0 Å². The van der Waals surface area contributed by atoms with Gasteiger partial charge in [0.1, 0.15) is 0 Å². The highest BCUT2D eigenvalue weighted by molar-refractivity contribution is 5.80. The molecule has 0 bridgehead atoms. The molecule has 0 aliphatic rings. The molecule has 0 aliphatic heterocycles. The minimum absolute atomic E-state index is 0.00120. The van der Waals surface area contributed by atoms with E-state index >= 15 is 0 Å². The molecule has 0 spiro atoms. The van der Waals surface area contributed by atoms with E-state index in [2.05, 4.69) is 4.74 Å². The summed E-state index contributed by atoms with van der Waals surface area (Å²) in [4.78, 5) is 19.8. The van der Waals surface area contributed by atoms with Crippen molar-refractivity contribution in [3.63, 3.8) is 0 Å². The third-order valence-electron chi connectivity index (χ3n) is 0.823. The summed E-state index contributed by atoms with van der Waals surface area (Å²) in [6, 6.07) is 0. The predicted molar refractivity (Wildman–Crippen MR) is 28.5 cm³/mol. The first kappa shape index (κ1) is 8.10. The number of aliphatic hydroxyl groups is 1. The van der Waals surface area contributed by atoms with Crippen LogP contribution in [-0.2, 0) is 14.3 Å². The summed E-state index contributed by atoms with van der Waals surface area (Å²) in [5.74, 6) is -0.896. The highest BCUT2D eigenvalue weighted by atomic mass is 16.6. The minimum atomic E-state index is -1.17. The lowest BCUT2D eigenvalue weighted by molar-refractivity contribution is -0.158. The number of hydrogen-bond acceptors (Lipinski definition) is 4. The third kappa shape index (κ3) is 2.81. The Morgan fingerprint density at radius 2 is 2.44 bits per heavy atom. The Balaban J connectivity index is 3.58. The monoisotopic (exact) mass is 132 g/mol. The molecule has 0 rings (SSSR count). The Kier molecular flexibility index (Phi) is 3.62. The molecule has 1 N–H and O–H groups in total. The number of esters is 1. The van der Waals surface area contributed by atoms with E-state index in [1.165, 1.54) is 0 Å². The molecule has 0 saturated carbocycles. The number of carbonyl (C=O) groups is 2. The minimum Gasteiger partial charge on any atom is -0.394 e. The molecule has 0 aliphatic carbocycles. The smallest absolute Gasteiger partial charge is 0.342 e. The largest absolute Gasteiger partial charge is 0.394 e. The van der Waals surface area contributed by atoms with E-state index in [4.69, 9.17) is 5.11 Å². The van der Waals surface area contributed by atoms with E-state index in [9.17, 15) is 9.59 Å². The summed E-state index contributed by atoms with van der Waals surface area (Å²) >= 11 is 0. The number of ether oxygens (including phenoxy) is 1. The Hall–Kier alpha value is -0.900. The van der Waals surface area contributed by atoms with Gasteiger partial charge in [-0.2, -0.15) is 0 Å². The molecule has 0 amide bonds. The average Bonchev–Trinajstić information content (AvgIpc) is 1.87. The molecule has 0 radical (unpaired) electrons. The topological polar surface area (TPSA) is 63.6 Å². The molecule has 0 saturated heterocycles. The molecule has 1 unspecified atom stereocenters. The van der Waals surface area contributed by atoms with Crippen LogP contribution in [0.2, 0.25) is 0 Å². The molecule has 9 heavy (non-hydrogen) atoms. The van der Waals surface area contributed by atoms with Gasteiger partial charge < -0.3 is 9.84 Å². The van der Waals surface area contributed by atoms with Crippen LogP contribution in [0.3, 0.4) is 0 Å². The van der Waals surface area contributed by atoms with Crippen molar-refractivity contribution in [1.82, 2.24) is 0 Å². The summed E-state index contributed by atoms with van der Waals surface area (Å²) in [6.45, 7) is 1.61. The van der Waals surface area contributed by atoms with Gasteiger partial charge in [-0.25, -0.2) is 4.79 Å². The molecule has 4 nitrogen and oxygen atoms in total. The van der Waals surface area contributed by atoms with E-state index in [1.54, 1.807) is 6.92 Å². The molecule has 0 aromatic heterocycles. The van der Waals surface area contributed by atoms with Gasteiger partial charge in [-0.1, -0.05) is 6.92 Å². The maximum absolute atomic E-state index is 10.3. The maximum Gasteiger partial charge on any atom is 0.342 e. The van der Waals surface area contributed by atoms with Gasteiger partial charge in [-0.05, 0) is 6.42 Å². The van der Waals surface area contributed by atoms with Crippen molar-refractivity contribution in [3.8, 4) is 0 Å². The molecule has 0 aromatic rings. The fourth-order valence-corrected chi connectivity index (χ4v) is 0.293. The lowest BCUT2D eigenvalue weighted by Gasteiger charge is -2.00. The summed E-state index contributed by atoms with van der Waals surface area (Å²) in [7, 11) is 0. The van der Waals surface area contributed by atoms with Gasteiger partial charge in [-0.15, -0.1) is 0 Å². The zero-order chi connectivity index (χ0) is 7.28. The van der Waals surface area contributed by atoms with Crippen LogP contribution in [0, 0.1) is 0 Å². The second-order valence-electron chi connectivity index (χ2n) is 1.46. The third-order valence-corrected chi connectivity index (χ3v) is 0.823. The summed E-state index contributed by atoms with van der Waals surface area (Å²) in [5, 5.41) is 8.62. The molecule has 4 heteroatoms. The maximum atomic E-state index is 10.3. The van der Waals surface area contributed by atoms with Crippen LogP contribution in [-0.4, -0.2) is 23.7 Å². The quantitative estimate of drug-likeness (QED) is 0.318. The van der Waals surface area contributed by atoms with Crippen molar-refractivity contribution in [2.45, 2.75) is 19.4 Å². The fourth-order valence-electron chi connectivity index (χ4n) is 0.293. The van der Waals surface area contributed by atoms with E-state index in [0.29, 0.717) is 0 Å². The Morgan fingerprint density at radius 1 is 1.89 bits per heavy atom. The number of carbonyl (C=O) groups excluding carboxylic acids is 2. The lowest BCUT2D eigenvalue weighted by Crippen LogP contribution is -2.21. The second-order valence-corrected chi connectivity index (χ2v) is 1.46. The zero-order valence-corrected chi connectivity index (χ0v) is 5.03. The summed E-state index contributed by atoms with van der Waals surface area (Å²) < 4.78 is 3.83. The first-order chi connectivity index (χ1) is 4.22. The van der Waals surface area contributed by atoms with Gasteiger partial charge in [0.05, 0.1) is 0 Å². The van der Waals surface area contributed by atoms with Crippen LogP contribution in [0.15, 0.2) is 0 Å². The Morgan fingerprint density at radius 3 is 2.78 bits per heavy atom. The lowest BCUT2D eigenvalue weighted by atomic mass is 10.3. The summed E-state index contributed by atoms with van der Waals surface area (Å²) in [5.41, 5.74) is 0. The molecule has 52 valence electrons. The zero-order valence-electron chi connectivity index (χ0n) is 5.03. The highest BCUT2D eigenvalue weighted by Gasteiger charge is 2.12. The number of hydrogen-bond donors (Lipinski definition) is 1. The predicted octanol–water partition coefficient (Wildman–Crippen LogP) is -0.543. The van der Waals surface area contributed by atoms with Crippen molar-refractivity contribution in [3.05, 3.63) is 0 Å². The van der Waals surface area contributed by atoms with Gasteiger partial charge in [0.25, 0.3) is 0 Å². The van der Waals surface area contributed by atoms with Crippen molar-refractivity contribution in [2.75, 3.05) is 0 Å². The van der Waals surface area contributed by atoms with E-state index in [-0.39, 0.29) is 12.9 Å². The van der Waals surface area contributed by atoms with Crippen molar-refractivity contribution < 1.29 is 19.4 Å². The highest BCUT2D eigenvalue weighted by Crippen LogP contribution is 1.90. The van der Waals surface area contributed by atoms with E-state index in [1.807, 2.05) is 0 Å². The molecule has 1 atom stereocenters. The van der Waals surface area contributed by atoms with Crippen LogP contribution < -0.4 is 0 Å². The van der Waals surface area contributed by atoms with Crippen LogP contribution in [0.1, 0.15) is 13.3 Å². The van der Waals surface area contributed by atoms with Gasteiger partial charge in [0.2, 0.25) is 0 Å². The number of rotatable bonds is 3. The standard InChI is InChI=1S/C5H8O4/c1-2-4(7)5(8)9-3-6/h3-4,7H,2H2,1H3. The molecule has 0 fully saturated rings. The molecular formula is C5H8O4. The fraction of sp³-hybridized carbons (Fsp3) is 0.600. The van der Waals surface area contributed by atoms with Crippen LogP contribution in [0.4, 0.5) is 0 Å². The normalized spacial score (nSPS) is 12.2. The van der Waals surface area contributed by atoms with Crippen molar-refractivity contribution >= 4 is 12.4 Å². The average molecular weight is 132 g/mol. The van der Waals surface area contributed by atoms with Crippen molar-refractivity contribution in [2.24, 2.45) is 0 Å². The van der Waals surface area contributed by atoms with Crippen molar-refractivity contribution in [1.29, 1.82) is 0 Å². The van der Waals surface area contributed by atoms with Gasteiger partial charge in [-0.3, -0.25) is 4.79 Å². The van der Waals surface area contributed by atoms with Gasteiger partial charge >= 0.3 is 12.4 Å². The van der Waals surface area contributed by atoms with Crippen LogP contribution >= 0.6 is 0 Å². The van der Waals surface area contributed by atoms with Crippen LogP contribution in [0.25, 0.3) is 0 Å². The first-order valence-corrected chi connectivity index (χ1v) is 2.54. The second kappa shape index (κ2) is 4.03. The van der Waals surface area contributed by atoms with E-state index in [0.717, 1.165) is 0 Å². The van der Waals surface area contributed by atoms with Crippen LogP contribution in [0.5, 0.6) is 0 Å².